The molecule has 6 heteroatoms. The van der Waals surface area contributed by atoms with Gasteiger partial charge in [-0.15, -0.1) is 0 Å². The maximum atomic E-state index is 12.7. The summed E-state index contributed by atoms with van der Waals surface area (Å²) in [6.07, 6.45) is 2.28. The van der Waals surface area contributed by atoms with Crippen LogP contribution in [0.25, 0.3) is 0 Å². The second-order valence-electron chi connectivity index (χ2n) is 6.77. The third-order valence-corrected chi connectivity index (χ3v) is 4.94. The molecule has 0 fully saturated rings. The molecule has 0 saturated carbocycles. The fourth-order valence-electron chi connectivity index (χ4n) is 3.45. The third kappa shape index (κ3) is 4.27. The van der Waals surface area contributed by atoms with Crippen LogP contribution in [0.4, 0.5) is 0 Å². The lowest BCUT2D eigenvalue weighted by molar-refractivity contribution is -0.128. The number of hydrogen-bond acceptors (Lipinski definition) is 5. The summed E-state index contributed by atoms with van der Waals surface area (Å²) in [5, 5.41) is 3.09. The van der Waals surface area contributed by atoms with Crippen LogP contribution in [-0.4, -0.2) is 32.2 Å². The molecule has 0 bridgehead atoms. The van der Waals surface area contributed by atoms with E-state index in [0.717, 1.165) is 19.3 Å². The molecule has 2 aromatic rings. The number of aryl methyl sites for hydroxylation is 1. The largest absolute Gasteiger partial charge is 0.493 e. The Labute approximate surface area is 164 Å². The van der Waals surface area contributed by atoms with Crippen LogP contribution in [0.1, 0.15) is 47.3 Å². The van der Waals surface area contributed by atoms with Gasteiger partial charge in [0.15, 0.2) is 17.6 Å². The number of benzene rings is 2. The molecule has 3 rings (SSSR count). The van der Waals surface area contributed by atoms with Crippen molar-refractivity contribution in [1.29, 1.82) is 0 Å². The number of carbonyl (C=O) groups excluding carboxylic acids is 2. The molecule has 0 spiro atoms. The van der Waals surface area contributed by atoms with Gasteiger partial charge in [0.05, 0.1) is 25.8 Å². The second-order valence-corrected chi connectivity index (χ2v) is 6.77. The van der Waals surface area contributed by atoms with Crippen LogP contribution in [-0.2, 0) is 16.0 Å². The highest BCUT2D eigenvalue weighted by Crippen LogP contribution is 2.31. The van der Waals surface area contributed by atoms with Crippen LogP contribution >= 0.6 is 0 Å². The van der Waals surface area contributed by atoms with E-state index in [0.29, 0.717) is 17.1 Å². The van der Waals surface area contributed by atoms with Gasteiger partial charge in [-0.25, -0.2) is 4.79 Å². The molecular weight excluding hydrogens is 358 g/mol. The van der Waals surface area contributed by atoms with Gasteiger partial charge in [0, 0.05) is 0 Å². The van der Waals surface area contributed by atoms with Crippen molar-refractivity contribution in [2.45, 2.75) is 38.3 Å². The van der Waals surface area contributed by atoms with Gasteiger partial charge in [0.1, 0.15) is 0 Å². The Kier molecular flexibility index (Phi) is 6.19. The van der Waals surface area contributed by atoms with E-state index in [-0.39, 0.29) is 11.9 Å². The molecule has 1 N–H and O–H groups in total. The number of methoxy groups -OCH3 is 2. The molecule has 0 radical (unpaired) electrons. The number of amides is 1. The average molecular weight is 383 g/mol. The first-order valence-corrected chi connectivity index (χ1v) is 9.34. The van der Waals surface area contributed by atoms with Gasteiger partial charge < -0.3 is 19.5 Å². The number of ether oxygens (including phenoxy) is 3. The van der Waals surface area contributed by atoms with Crippen molar-refractivity contribution in [3.63, 3.8) is 0 Å². The molecule has 0 heterocycles. The molecule has 0 saturated heterocycles. The van der Waals surface area contributed by atoms with Crippen molar-refractivity contribution in [2.75, 3.05) is 14.2 Å². The fourth-order valence-corrected chi connectivity index (χ4v) is 3.45. The average Bonchev–Trinajstić information content (AvgIpc) is 2.73. The van der Waals surface area contributed by atoms with E-state index in [1.165, 1.54) is 31.4 Å². The summed E-state index contributed by atoms with van der Waals surface area (Å²) in [6.45, 7) is 1.69. The van der Waals surface area contributed by atoms with Gasteiger partial charge in [-0.2, -0.15) is 0 Å². The molecule has 28 heavy (non-hydrogen) atoms. The lowest BCUT2D eigenvalue weighted by Crippen LogP contribution is -2.39. The Bertz CT molecular complexity index is 864. The van der Waals surface area contributed by atoms with Crippen LogP contribution in [0.2, 0.25) is 0 Å². The van der Waals surface area contributed by atoms with E-state index in [1.807, 2.05) is 12.1 Å². The first-order valence-electron chi connectivity index (χ1n) is 9.34. The normalized spacial score (nSPS) is 16.5. The van der Waals surface area contributed by atoms with Gasteiger partial charge in [0.2, 0.25) is 0 Å². The minimum atomic E-state index is -0.716. The molecule has 1 aliphatic carbocycles. The van der Waals surface area contributed by atoms with Crippen molar-refractivity contribution >= 4 is 11.9 Å². The fraction of sp³-hybridized carbons (Fsp3) is 0.364. The molecule has 0 aliphatic heterocycles. The number of nitrogens with one attached hydrogen (secondary N) is 1. The zero-order chi connectivity index (χ0) is 20.1. The predicted octanol–water partition coefficient (Wildman–Crippen LogP) is 3.44. The summed E-state index contributed by atoms with van der Waals surface area (Å²) in [7, 11) is 2.79. The maximum Gasteiger partial charge on any atom is 0.337 e. The van der Waals surface area contributed by atoms with Crippen LogP contribution in [0.15, 0.2) is 42.5 Å². The van der Waals surface area contributed by atoms with Crippen LogP contribution in [0.3, 0.4) is 0 Å². The SMILES string of the molecule is COC(=O)c1ccc(O[C@H](C)C(=O)N[C@@H]2CCCc3ccccc32)c(OC)c1. The summed E-state index contributed by atoms with van der Waals surface area (Å²) in [5.41, 5.74) is 2.81. The summed E-state index contributed by atoms with van der Waals surface area (Å²) < 4.78 is 15.8. The van der Waals surface area contributed by atoms with Gasteiger partial charge in [0.25, 0.3) is 5.91 Å². The molecule has 0 aromatic heterocycles. The zero-order valence-corrected chi connectivity index (χ0v) is 16.4. The van der Waals surface area contributed by atoms with Crippen molar-refractivity contribution in [1.82, 2.24) is 5.32 Å². The number of rotatable bonds is 6. The van der Waals surface area contributed by atoms with Crippen LogP contribution < -0.4 is 14.8 Å². The van der Waals surface area contributed by atoms with Gasteiger partial charge in [-0.05, 0) is 55.5 Å². The highest BCUT2D eigenvalue weighted by molar-refractivity contribution is 5.90. The highest BCUT2D eigenvalue weighted by Gasteiger charge is 2.25. The number of hydrogen-bond donors (Lipinski definition) is 1. The molecule has 6 nitrogen and oxygen atoms in total. The van der Waals surface area contributed by atoms with E-state index in [9.17, 15) is 9.59 Å². The second kappa shape index (κ2) is 8.78. The van der Waals surface area contributed by atoms with E-state index >= 15 is 0 Å². The monoisotopic (exact) mass is 383 g/mol. The minimum Gasteiger partial charge on any atom is -0.493 e. The van der Waals surface area contributed by atoms with E-state index in [2.05, 4.69) is 17.4 Å². The van der Waals surface area contributed by atoms with Crippen LogP contribution in [0.5, 0.6) is 11.5 Å². The Morgan fingerprint density at radius 1 is 1.11 bits per heavy atom. The van der Waals surface area contributed by atoms with Crippen molar-refractivity contribution < 1.29 is 23.8 Å². The Hall–Kier alpha value is -3.02. The molecular formula is C22H25NO5. The summed E-state index contributed by atoms with van der Waals surface area (Å²) in [4.78, 5) is 24.4. The lowest BCUT2D eigenvalue weighted by Gasteiger charge is -2.27. The predicted molar refractivity (Wildman–Crippen MR) is 105 cm³/mol. The first kappa shape index (κ1) is 19.7. The molecule has 1 aliphatic rings. The number of carbonyl (C=O) groups is 2. The van der Waals surface area contributed by atoms with Gasteiger partial charge in [-0.1, -0.05) is 24.3 Å². The van der Waals surface area contributed by atoms with Crippen molar-refractivity contribution in [3.8, 4) is 11.5 Å². The van der Waals surface area contributed by atoms with Gasteiger partial charge >= 0.3 is 5.97 Å². The molecule has 2 aromatic carbocycles. The Morgan fingerprint density at radius 2 is 1.89 bits per heavy atom. The van der Waals surface area contributed by atoms with E-state index < -0.39 is 12.1 Å². The smallest absolute Gasteiger partial charge is 0.337 e. The highest BCUT2D eigenvalue weighted by atomic mass is 16.5. The summed E-state index contributed by atoms with van der Waals surface area (Å²) in [6, 6.07) is 12.9. The summed E-state index contributed by atoms with van der Waals surface area (Å²) >= 11 is 0. The Morgan fingerprint density at radius 3 is 2.64 bits per heavy atom. The standard InChI is InChI=1S/C22H25NO5/c1-14(28-19-12-11-16(22(25)27-3)13-20(19)26-2)21(24)23-18-10-6-8-15-7-4-5-9-17(15)18/h4-5,7,9,11-14,18H,6,8,10H2,1-3H3,(H,23,24)/t14-,18-/m1/s1. The first-order chi connectivity index (χ1) is 13.5. The summed E-state index contributed by atoms with van der Waals surface area (Å²) in [5.74, 6) is 0.0971. The molecule has 148 valence electrons. The van der Waals surface area contributed by atoms with Gasteiger partial charge in [-0.3, -0.25) is 4.79 Å². The van der Waals surface area contributed by atoms with Crippen molar-refractivity contribution in [3.05, 3.63) is 59.2 Å². The lowest BCUT2D eigenvalue weighted by atomic mass is 9.87. The molecule has 0 unspecified atom stereocenters. The molecule has 2 atom stereocenters. The van der Waals surface area contributed by atoms with Crippen LogP contribution in [0, 0.1) is 0 Å². The Balaban J connectivity index is 1.69. The topological polar surface area (TPSA) is 73.9 Å². The third-order valence-electron chi connectivity index (χ3n) is 4.94. The maximum absolute atomic E-state index is 12.7. The van der Waals surface area contributed by atoms with E-state index in [1.54, 1.807) is 19.1 Å². The number of fused-ring (bicyclic) bond motifs is 1. The van der Waals surface area contributed by atoms with Crippen molar-refractivity contribution in [2.24, 2.45) is 0 Å². The number of esters is 1. The zero-order valence-electron chi connectivity index (χ0n) is 16.4. The molecule has 1 amide bonds. The minimum absolute atomic E-state index is 0.00732. The van der Waals surface area contributed by atoms with E-state index in [4.69, 9.17) is 14.2 Å². The quantitative estimate of drug-likeness (QED) is 0.774.